The Labute approximate surface area is 116 Å². The fraction of sp³-hybridized carbons (Fsp3) is 0.786. The van der Waals surface area contributed by atoms with E-state index in [1.165, 1.54) is 0 Å². The second kappa shape index (κ2) is 5.38. The third kappa shape index (κ3) is 2.64. The van der Waals surface area contributed by atoms with Gasteiger partial charge in [-0.25, -0.2) is 0 Å². The van der Waals surface area contributed by atoms with Crippen molar-refractivity contribution in [1.82, 2.24) is 0 Å². The molecule has 0 aromatic heterocycles. The standard InChI is InChI=1S/C14H24O4Si/c1-17-19(3,18-2)8-4-7-14(13(15)16)10-11-5-6-12(14)9-11/h5-6,11-12H,4,7-10H2,1-3H3,(H,15,16). The largest absolute Gasteiger partial charge is 0.481 e. The Kier molecular flexibility index (Phi) is 4.18. The van der Waals surface area contributed by atoms with Crippen molar-refractivity contribution in [2.45, 2.75) is 38.3 Å². The predicted octanol–water partition coefficient (Wildman–Crippen LogP) is 2.80. The summed E-state index contributed by atoms with van der Waals surface area (Å²) in [6.07, 6.45) is 7.74. The lowest BCUT2D eigenvalue weighted by Gasteiger charge is -2.32. The Morgan fingerprint density at radius 1 is 1.42 bits per heavy atom. The lowest BCUT2D eigenvalue weighted by atomic mass is 9.72. The first-order valence-electron chi connectivity index (χ1n) is 6.98. The zero-order valence-corrected chi connectivity index (χ0v) is 13.0. The Morgan fingerprint density at radius 2 is 2.11 bits per heavy atom. The first-order chi connectivity index (χ1) is 8.96. The molecule has 2 rings (SSSR count). The number of hydrogen-bond donors (Lipinski definition) is 1. The molecule has 5 heteroatoms. The first-order valence-corrected chi connectivity index (χ1v) is 9.50. The van der Waals surface area contributed by atoms with Crippen molar-refractivity contribution in [3.63, 3.8) is 0 Å². The number of aliphatic carboxylic acids is 1. The third-order valence-electron chi connectivity index (χ3n) is 5.05. The number of fused-ring (bicyclic) bond motifs is 2. The predicted molar refractivity (Wildman–Crippen MR) is 75.1 cm³/mol. The van der Waals surface area contributed by atoms with Gasteiger partial charge in [0.2, 0.25) is 0 Å². The van der Waals surface area contributed by atoms with Crippen LogP contribution in [-0.4, -0.2) is 33.9 Å². The van der Waals surface area contributed by atoms with Crippen LogP contribution in [0.1, 0.15) is 25.7 Å². The monoisotopic (exact) mass is 284 g/mol. The maximum Gasteiger partial charge on any atom is 0.334 e. The first kappa shape index (κ1) is 14.7. The maximum absolute atomic E-state index is 11.7. The van der Waals surface area contributed by atoms with E-state index in [2.05, 4.69) is 12.2 Å². The highest BCUT2D eigenvalue weighted by Gasteiger charge is 2.53. The fourth-order valence-electron chi connectivity index (χ4n) is 3.61. The molecule has 0 amide bonds. The van der Waals surface area contributed by atoms with E-state index in [9.17, 15) is 9.90 Å². The molecule has 1 N–H and O–H groups in total. The Morgan fingerprint density at radius 3 is 2.53 bits per heavy atom. The van der Waals surface area contributed by atoms with E-state index in [4.69, 9.17) is 8.85 Å². The zero-order chi connectivity index (χ0) is 14.1. The molecule has 2 aliphatic rings. The van der Waals surface area contributed by atoms with E-state index in [1.54, 1.807) is 14.2 Å². The molecular weight excluding hydrogens is 260 g/mol. The molecule has 2 aliphatic carbocycles. The summed E-state index contributed by atoms with van der Waals surface area (Å²) >= 11 is 0. The number of carboxylic acid groups (broad SMARTS) is 1. The highest BCUT2D eigenvalue weighted by atomic mass is 28.4. The summed E-state index contributed by atoms with van der Waals surface area (Å²) < 4.78 is 10.9. The molecule has 3 atom stereocenters. The van der Waals surface area contributed by atoms with Crippen LogP contribution in [0.5, 0.6) is 0 Å². The van der Waals surface area contributed by atoms with Gasteiger partial charge in [0, 0.05) is 14.2 Å². The Hall–Kier alpha value is -0.653. The minimum atomic E-state index is -2.07. The van der Waals surface area contributed by atoms with Gasteiger partial charge in [-0.3, -0.25) is 4.79 Å². The van der Waals surface area contributed by atoms with Gasteiger partial charge in [0.1, 0.15) is 0 Å². The van der Waals surface area contributed by atoms with Crippen molar-refractivity contribution in [3.8, 4) is 0 Å². The summed E-state index contributed by atoms with van der Waals surface area (Å²) in [6.45, 7) is 2.03. The van der Waals surface area contributed by atoms with Crippen LogP contribution in [0, 0.1) is 17.3 Å². The smallest absolute Gasteiger partial charge is 0.334 e. The molecule has 0 heterocycles. The van der Waals surface area contributed by atoms with Gasteiger partial charge in [0.05, 0.1) is 5.41 Å². The van der Waals surface area contributed by atoms with E-state index < -0.39 is 19.9 Å². The Balaban J connectivity index is 1.97. The van der Waals surface area contributed by atoms with Crippen LogP contribution in [0.4, 0.5) is 0 Å². The number of allylic oxidation sites excluding steroid dienone is 2. The molecule has 0 saturated heterocycles. The number of hydrogen-bond acceptors (Lipinski definition) is 3. The summed E-state index contributed by atoms with van der Waals surface area (Å²) in [5.74, 6) is 0.0881. The molecule has 4 nitrogen and oxygen atoms in total. The van der Waals surface area contributed by atoms with Crippen LogP contribution in [0.3, 0.4) is 0 Å². The minimum absolute atomic E-state index is 0.230. The lowest BCUT2D eigenvalue weighted by Crippen LogP contribution is -2.38. The van der Waals surface area contributed by atoms with Gasteiger partial charge in [-0.2, -0.15) is 0 Å². The third-order valence-corrected chi connectivity index (χ3v) is 8.04. The van der Waals surface area contributed by atoms with Crippen LogP contribution in [0.25, 0.3) is 0 Å². The van der Waals surface area contributed by atoms with Crippen LogP contribution in [-0.2, 0) is 13.6 Å². The maximum atomic E-state index is 11.7. The second-order valence-corrected chi connectivity index (χ2v) is 9.63. The number of rotatable bonds is 7. The molecule has 0 aliphatic heterocycles. The van der Waals surface area contributed by atoms with Crippen molar-refractivity contribution in [2.24, 2.45) is 17.3 Å². The molecule has 3 unspecified atom stereocenters. The summed E-state index contributed by atoms with van der Waals surface area (Å²) in [5.41, 5.74) is -0.532. The summed E-state index contributed by atoms with van der Waals surface area (Å²) in [7, 11) is 1.30. The topological polar surface area (TPSA) is 55.8 Å². The van der Waals surface area contributed by atoms with Crippen LogP contribution in [0.15, 0.2) is 12.2 Å². The second-order valence-electron chi connectivity index (χ2n) is 6.05. The molecule has 19 heavy (non-hydrogen) atoms. The minimum Gasteiger partial charge on any atom is -0.481 e. The van der Waals surface area contributed by atoms with Gasteiger partial charge in [0.25, 0.3) is 0 Å². The molecule has 0 aromatic rings. The van der Waals surface area contributed by atoms with Crippen molar-refractivity contribution in [1.29, 1.82) is 0 Å². The average Bonchev–Trinajstić information content (AvgIpc) is 2.99. The van der Waals surface area contributed by atoms with Crippen molar-refractivity contribution in [3.05, 3.63) is 12.2 Å². The molecule has 108 valence electrons. The highest BCUT2D eigenvalue weighted by Crippen LogP contribution is 2.55. The normalized spacial score (nSPS) is 33.0. The van der Waals surface area contributed by atoms with Crippen molar-refractivity contribution >= 4 is 14.5 Å². The van der Waals surface area contributed by atoms with Crippen molar-refractivity contribution < 1.29 is 18.8 Å². The van der Waals surface area contributed by atoms with Gasteiger partial charge >= 0.3 is 14.5 Å². The van der Waals surface area contributed by atoms with Gasteiger partial charge in [0.15, 0.2) is 0 Å². The molecule has 1 fully saturated rings. The lowest BCUT2D eigenvalue weighted by molar-refractivity contribution is -0.151. The van der Waals surface area contributed by atoms with E-state index in [1.807, 2.05) is 6.55 Å². The molecule has 1 saturated carbocycles. The number of carboxylic acids is 1. The van der Waals surface area contributed by atoms with Crippen LogP contribution < -0.4 is 0 Å². The molecule has 0 aromatic carbocycles. The molecular formula is C14H24O4Si. The quantitative estimate of drug-likeness (QED) is 0.577. The summed E-state index contributed by atoms with van der Waals surface area (Å²) in [5, 5.41) is 9.64. The van der Waals surface area contributed by atoms with Crippen molar-refractivity contribution in [2.75, 3.05) is 14.2 Å². The highest BCUT2D eigenvalue weighted by molar-refractivity contribution is 6.65. The molecule has 0 spiro atoms. The van der Waals surface area contributed by atoms with Gasteiger partial charge in [-0.15, -0.1) is 0 Å². The SMILES string of the molecule is CO[Si](C)(CCCC1(C(=O)O)CC2C=CC1C2)OC. The van der Waals surface area contributed by atoms with Gasteiger partial charge in [-0.05, 0) is 43.7 Å². The van der Waals surface area contributed by atoms with Gasteiger partial charge < -0.3 is 14.0 Å². The summed E-state index contributed by atoms with van der Waals surface area (Å²) in [6, 6.07) is 0.857. The fourth-order valence-corrected chi connectivity index (χ4v) is 5.00. The average molecular weight is 284 g/mol. The number of carbonyl (C=O) groups is 1. The van der Waals surface area contributed by atoms with E-state index in [0.717, 1.165) is 31.7 Å². The molecule has 2 bridgehead atoms. The Bertz CT molecular complexity index is 378. The summed E-state index contributed by atoms with van der Waals surface area (Å²) in [4.78, 5) is 11.7. The van der Waals surface area contributed by atoms with E-state index in [0.29, 0.717) is 5.92 Å². The van der Waals surface area contributed by atoms with E-state index in [-0.39, 0.29) is 5.92 Å². The van der Waals surface area contributed by atoms with Crippen LogP contribution >= 0.6 is 0 Å². The zero-order valence-electron chi connectivity index (χ0n) is 12.0. The van der Waals surface area contributed by atoms with Gasteiger partial charge in [-0.1, -0.05) is 18.6 Å². The van der Waals surface area contributed by atoms with Crippen LogP contribution in [0.2, 0.25) is 12.6 Å². The molecule has 0 radical (unpaired) electrons. The van der Waals surface area contributed by atoms with E-state index >= 15 is 0 Å².